The van der Waals surface area contributed by atoms with Crippen LogP contribution in [0.25, 0.3) is 0 Å². The Kier molecular flexibility index (Phi) is 5.72. The lowest BCUT2D eigenvalue weighted by atomic mass is 9.92. The van der Waals surface area contributed by atoms with Crippen LogP contribution in [0.15, 0.2) is 53.3 Å². The van der Waals surface area contributed by atoms with E-state index in [-0.39, 0.29) is 35.1 Å². The minimum atomic E-state index is -1.19. The van der Waals surface area contributed by atoms with Crippen LogP contribution in [0, 0.1) is 10.1 Å². The maximum Gasteiger partial charge on any atom is 0.292 e. The molecule has 0 saturated heterocycles. The Morgan fingerprint density at radius 1 is 1.15 bits per heavy atom. The molecule has 1 aliphatic rings. The van der Waals surface area contributed by atoms with Gasteiger partial charge in [0.15, 0.2) is 0 Å². The smallest absolute Gasteiger partial charge is 0.292 e. The number of carbonyl (C=O) groups excluding carboxylic acids is 2. The lowest BCUT2D eigenvalue weighted by Crippen LogP contribution is -2.36. The number of benzene rings is 2. The number of amides is 2. The number of methoxy groups -OCH3 is 1. The molecule has 0 fully saturated rings. The summed E-state index contributed by atoms with van der Waals surface area (Å²) in [5.74, 6) is -1.99. The summed E-state index contributed by atoms with van der Waals surface area (Å²) < 4.78 is 5.26. The van der Waals surface area contributed by atoms with Crippen molar-refractivity contribution in [2.45, 2.75) is 12.3 Å². The van der Waals surface area contributed by atoms with Crippen LogP contribution in [0.5, 0.6) is 5.75 Å². The fourth-order valence-electron chi connectivity index (χ4n) is 3.49. The standard InChI is InChI=1S/C21H18N6O6/c1-33-15-9-5-3-7-13(15)23-21-25-18-17(20(30)26-21)11(10-16(28)24-18)19(29)22-12-6-2-4-8-14(12)27(31)32/h2-9,11H,10H2,1H3,(H,22,29)(H3,23,24,25,26,28,30). The van der Waals surface area contributed by atoms with Gasteiger partial charge in [-0.05, 0) is 18.2 Å². The Balaban J connectivity index is 1.66. The van der Waals surface area contributed by atoms with E-state index in [1.54, 1.807) is 24.3 Å². The van der Waals surface area contributed by atoms with Gasteiger partial charge in [0.1, 0.15) is 17.3 Å². The second-order valence-electron chi connectivity index (χ2n) is 7.07. The van der Waals surface area contributed by atoms with Gasteiger partial charge in [-0.15, -0.1) is 0 Å². The molecule has 4 N–H and O–H groups in total. The van der Waals surface area contributed by atoms with E-state index in [0.717, 1.165) is 0 Å². The van der Waals surface area contributed by atoms with Crippen LogP contribution in [0.2, 0.25) is 0 Å². The molecule has 12 heteroatoms. The fraction of sp³-hybridized carbons (Fsp3) is 0.143. The Labute approximate surface area is 186 Å². The lowest BCUT2D eigenvalue weighted by Gasteiger charge is -2.23. The molecule has 0 spiro atoms. The number of anilines is 4. The summed E-state index contributed by atoms with van der Waals surface area (Å²) in [6, 6.07) is 12.5. The third kappa shape index (κ3) is 4.35. The van der Waals surface area contributed by atoms with E-state index < -0.39 is 28.2 Å². The number of para-hydroxylation sites is 4. The Morgan fingerprint density at radius 3 is 2.58 bits per heavy atom. The molecule has 0 saturated carbocycles. The Bertz CT molecular complexity index is 1320. The van der Waals surface area contributed by atoms with Crippen molar-refractivity contribution in [2.75, 3.05) is 23.1 Å². The van der Waals surface area contributed by atoms with Gasteiger partial charge in [-0.3, -0.25) is 29.5 Å². The number of aromatic amines is 1. The average Bonchev–Trinajstić information content (AvgIpc) is 2.78. The van der Waals surface area contributed by atoms with Gasteiger partial charge in [-0.25, -0.2) is 0 Å². The van der Waals surface area contributed by atoms with Gasteiger partial charge in [-0.2, -0.15) is 4.98 Å². The normalized spacial score (nSPS) is 14.6. The second-order valence-corrected chi connectivity index (χ2v) is 7.07. The SMILES string of the molecule is COc1ccccc1Nc1nc2c(c(=O)[nH]1)C(C(=O)Nc1ccccc1[N+](=O)[O-])CC(=O)N2. The number of aromatic nitrogens is 2. The van der Waals surface area contributed by atoms with Crippen LogP contribution in [0.4, 0.5) is 28.8 Å². The molecule has 12 nitrogen and oxygen atoms in total. The lowest BCUT2D eigenvalue weighted by molar-refractivity contribution is -0.383. The molecule has 1 aromatic heterocycles. The number of nitro benzene ring substituents is 1. The first kappa shape index (κ1) is 21.5. The molecular weight excluding hydrogens is 432 g/mol. The predicted molar refractivity (Wildman–Crippen MR) is 119 cm³/mol. The van der Waals surface area contributed by atoms with Crippen molar-refractivity contribution >= 4 is 40.6 Å². The number of nitro groups is 1. The summed E-state index contributed by atoms with van der Waals surface area (Å²) in [7, 11) is 1.49. The Morgan fingerprint density at radius 2 is 1.85 bits per heavy atom. The largest absolute Gasteiger partial charge is 0.495 e. The first-order valence-corrected chi connectivity index (χ1v) is 9.75. The first-order valence-electron chi connectivity index (χ1n) is 9.75. The van der Waals surface area contributed by atoms with Gasteiger partial charge >= 0.3 is 0 Å². The highest BCUT2D eigenvalue weighted by molar-refractivity contribution is 6.05. The van der Waals surface area contributed by atoms with Gasteiger partial charge in [0.25, 0.3) is 11.2 Å². The molecular formula is C21H18N6O6. The van der Waals surface area contributed by atoms with Crippen LogP contribution in [-0.4, -0.2) is 33.8 Å². The zero-order valence-electron chi connectivity index (χ0n) is 17.2. The highest BCUT2D eigenvalue weighted by Gasteiger charge is 2.35. The van der Waals surface area contributed by atoms with Crippen LogP contribution in [0.1, 0.15) is 17.9 Å². The molecule has 2 amide bonds. The monoisotopic (exact) mass is 450 g/mol. The number of ether oxygens (including phenoxy) is 1. The highest BCUT2D eigenvalue weighted by Crippen LogP contribution is 2.32. The number of hydrogen-bond donors (Lipinski definition) is 4. The van der Waals surface area contributed by atoms with Gasteiger partial charge in [-0.1, -0.05) is 24.3 Å². The molecule has 0 aliphatic carbocycles. The van der Waals surface area contributed by atoms with E-state index in [9.17, 15) is 24.5 Å². The number of nitrogens with zero attached hydrogens (tertiary/aromatic N) is 2. The molecule has 3 aromatic rings. The van der Waals surface area contributed by atoms with E-state index in [4.69, 9.17) is 4.74 Å². The number of nitrogens with one attached hydrogen (secondary N) is 4. The van der Waals surface area contributed by atoms with Crippen molar-refractivity contribution in [1.82, 2.24) is 9.97 Å². The van der Waals surface area contributed by atoms with E-state index in [1.165, 1.54) is 31.4 Å². The number of fused-ring (bicyclic) bond motifs is 1. The number of carbonyl (C=O) groups is 2. The third-order valence-corrected chi connectivity index (χ3v) is 4.99. The zero-order chi connectivity index (χ0) is 23.5. The van der Waals surface area contributed by atoms with Gasteiger partial charge in [0.2, 0.25) is 17.8 Å². The molecule has 0 bridgehead atoms. The molecule has 33 heavy (non-hydrogen) atoms. The average molecular weight is 450 g/mol. The molecule has 2 heterocycles. The predicted octanol–water partition coefficient (Wildman–Crippen LogP) is 2.49. The van der Waals surface area contributed by atoms with Crippen molar-refractivity contribution in [2.24, 2.45) is 0 Å². The van der Waals surface area contributed by atoms with E-state index in [1.807, 2.05) is 0 Å². The third-order valence-electron chi connectivity index (χ3n) is 4.99. The molecule has 168 valence electrons. The molecule has 1 unspecified atom stereocenters. The summed E-state index contributed by atoms with van der Waals surface area (Å²) in [4.78, 5) is 55.4. The van der Waals surface area contributed by atoms with E-state index in [2.05, 4.69) is 25.9 Å². The van der Waals surface area contributed by atoms with Gasteiger partial charge < -0.3 is 20.7 Å². The van der Waals surface area contributed by atoms with Crippen molar-refractivity contribution in [3.63, 3.8) is 0 Å². The topological polar surface area (TPSA) is 168 Å². The summed E-state index contributed by atoms with van der Waals surface area (Å²) in [5, 5.41) is 19.1. The zero-order valence-corrected chi connectivity index (χ0v) is 17.2. The number of H-pyrrole nitrogens is 1. The highest BCUT2D eigenvalue weighted by atomic mass is 16.6. The van der Waals surface area contributed by atoms with Gasteiger partial charge in [0.05, 0.1) is 29.2 Å². The summed E-state index contributed by atoms with van der Waals surface area (Å²) in [6.45, 7) is 0. The van der Waals surface area contributed by atoms with Crippen LogP contribution >= 0.6 is 0 Å². The molecule has 0 radical (unpaired) electrons. The fourth-order valence-corrected chi connectivity index (χ4v) is 3.49. The van der Waals surface area contributed by atoms with E-state index >= 15 is 0 Å². The van der Waals surface area contributed by atoms with Crippen molar-refractivity contribution in [3.05, 3.63) is 74.6 Å². The number of rotatable bonds is 6. The summed E-state index contributed by atoms with van der Waals surface area (Å²) >= 11 is 0. The molecule has 1 atom stereocenters. The second kappa shape index (κ2) is 8.78. The molecule has 1 aliphatic heterocycles. The minimum absolute atomic E-state index is 0.0308. The summed E-state index contributed by atoms with van der Waals surface area (Å²) in [6.07, 6.45) is -0.316. The van der Waals surface area contributed by atoms with Crippen molar-refractivity contribution < 1.29 is 19.2 Å². The Hall–Kier alpha value is -4.74. The van der Waals surface area contributed by atoms with Crippen LogP contribution in [0.3, 0.4) is 0 Å². The maximum absolute atomic E-state index is 12.9. The maximum atomic E-state index is 12.9. The van der Waals surface area contributed by atoms with E-state index in [0.29, 0.717) is 11.4 Å². The van der Waals surface area contributed by atoms with Crippen molar-refractivity contribution in [1.29, 1.82) is 0 Å². The summed E-state index contributed by atoms with van der Waals surface area (Å²) in [5.41, 5.74) is -0.513. The quantitative estimate of drug-likeness (QED) is 0.328. The molecule has 4 rings (SSSR count). The number of hydrogen-bond acceptors (Lipinski definition) is 8. The van der Waals surface area contributed by atoms with Gasteiger partial charge in [0, 0.05) is 12.5 Å². The van der Waals surface area contributed by atoms with Crippen LogP contribution in [-0.2, 0) is 9.59 Å². The molecule has 2 aromatic carbocycles. The van der Waals surface area contributed by atoms with Crippen LogP contribution < -0.4 is 26.2 Å². The minimum Gasteiger partial charge on any atom is -0.495 e. The first-order chi connectivity index (χ1) is 15.9. The van der Waals surface area contributed by atoms with Crippen molar-refractivity contribution in [3.8, 4) is 5.75 Å².